The summed E-state index contributed by atoms with van der Waals surface area (Å²) in [5, 5.41) is 0. The quantitative estimate of drug-likeness (QED) is 0.677. The Morgan fingerprint density at radius 1 is 1.20 bits per heavy atom. The summed E-state index contributed by atoms with van der Waals surface area (Å²) < 4.78 is 23.6. The number of amides is 1. The number of sulfone groups is 1. The lowest BCUT2D eigenvalue weighted by molar-refractivity contribution is -0.117. The Labute approximate surface area is 120 Å². The Balaban J connectivity index is 1.79. The number of hydrogen-bond acceptors (Lipinski definition) is 5. The Kier molecular flexibility index (Phi) is 5.04. The number of nitrogens with two attached hydrogens (primary N) is 2. The van der Waals surface area contributed by atoms with Crippen molar-refractivity contribution < 1.29 is 13.2 Å². The summed E-state index contributed by atoms with van der Waals surface area (Å²) in [6.07, 6.45) is 3.40. The summed E-state index contributed by atoms with van der Waals surface area (Å²) in [7, 11) is -3.18. The Hall–Kier alpha value is -0.660. The van der Waals surface area contributed by atoms with E-state index in [-0.39, 0.29) is 24.0 Å². The van der Waals surface area contributed by atoms with Crippen LogP contribution in [0.5, 0.6) is 0 Å². The van der Waals surface area contributed by atoms with Gasteiger partial charge in [-0.25, -0.2) is 8.42 Å². The molecule has 0 radical (unpaired) electrons. The summed E-state index contributed by atoms with van der Waals surface area (Å²) in [6, 6.07) is 0.269. The van der Waals surface area contributed by atoms with Gasteiger partial charge in [-0.1, -0.05) is 6.42 Å². The van der Waals surface area contributed by atoms with Crippen LogP contribution in [0, 0.1) is 11.8 Å². The van der Waals surface area contributed by atoms with Crippen molar-refractivity contribution in [2.24, 2.45) is 23.3 Å². The molecule has 1 saturated heterocycles. The van der Waals surface area contributed by atoms with Crippen LogP contribution in [0.4, 0.5) is 0 Å². The van der Waals surface area contributed by atoms with E-state index in [4.69, 9.17) is 11.5 Å². The van der Waals surface area contributed by atoms with Crippen molar-refractivity contribution in [3.05, 3.63) is 0 Å². The largest absolute Gasteiger partial charge is 0.370 e. The molecular formula is C13H25N3O3S. The minimum absolute atomic E-state index is 0.0849. The lowest BCUT2D eigenvalue weighted by Gasteiger charge is -2.29. The van der Waals surface area contributed by atoms with Gasteiger partial charge in [-0.2, -0.15) is 0 Å². The van der Waals surface area contributed by atoms with Crippen LogP contribution in [-0.2, 0) is 14.6 Å². The van der Waals surface area contributed by atoms with Crippen molar-refractivity contribution >= 4 is 15.7 Å². The van der Waals surface area contributed by atoms with Gasteiger partial charge < -0.3 is 16.4 Å². The number of hydrogen-bond donors (Lipinski definition) is 2. The number of nitrogens with zero attached hydrogens (tertiary/aromatic N) is 1. The van der Waals surface area contributed by atoms with Crippen LogP contribution in [0.15, 0.2) is 0 Å². The fourth-order valence-electron chi connectivity index (χ4n) is 3.42. The monoisotopic (exact) mass is 303 g/mol. The van der Waals surface area contributed by atoms with Crippen LogP contribution in [0.1, 0.15) is 25.7 Å². The highest BCUT2D eigenvalue weighted by Gasteiger charge is 2.38. The zero-order valence-corrected chi connectivity index (χ0v) is 12.6. The van der Waals surface area contributed by atoms with Crippen molar-refractivity contribution in [2.45, 2.75) is 31.7 Å². The van der Waals surface area contributed by atoms with Gasteiger partial charge in [0.15, 0.2) is 9.84 Å². The van der Waals surface area contributed by atoms with Gasteiger partial charge in [0.2, 0.25) is 5.91 Å². The molecule has 4 N–H and O–H groups in total. The molecule has 2 aliphatic rings. The van der Waals surface area contributed by atoms with E-state index in [0.29, 0.717) is 18.4 Å². The summed E-state index contributed by atoms with van der Waals surface area (Å²) in [5.74, 6) is 0.563. The molecular weight excluding hydrogens is 278 g/mol. The highest BCUT2D eigenvalue weighted by Crippen LogP contribution is 2.35. The van der Waals surface area contributed by atoms with Gasteiger partial charge in [0, 0.05) is 32.1 Å². The van der Waals surface area contributed by atoms with Crippen LogP contribution in [0.2, 0.25) is 0 Å². The summed E-state index contributed by atoms with van der Waals surface area (Å²) >= 11 is 0. The first-order chi connectivity index (χ1) is 9.37. The van der Waals surface area contributed by atoms with Crippen molar-refractivity contribution in [1.29, 1.82) is 0 Å². The molecule has 0 spiro atoms. The molecule has 0 aromatic rings. The molecule has 2 rings (SSSR count). The molecule has 1 aliphatic heterocycles. The molecule has 1 heterocycles. The summed E-state index contributed by atoms with van der Waals surface area (Å²) in [6.45, 7) is 2.42. The highest BCUT2D eigenvalue weighted by atomic mass is 32.2. The van der Waals surface area contributed by atoms with Gasteiger partial charge in [0.25, 0.3) is 0 Å². The van der Waals surface area contributed by atoms with E-state index in [1.165, 1.54) is 12.8 Å². The zero-order chi connectivity index (χ0) is 14.8. The minimum atomic E-state index is -3.18. The van der Waals surface area contributed by atoms with Crippen LogP contribution < -0.4 is 11.5 Å². The van der Waals surface area contributed by atoms with Crippen molar-refractivity contribution in [3.63, 3.8) is 0 Å². The predicted molar refractivity (Wildman–Crippen MR) is 77.7 cm³/mol. The van der Waals surface area contributed by atoms with E-state index in [2.05, 4.69) is 4.90 Å². The van der Waals surface area contributed by atoms with Crippen LogP contribution >= 0.6 is 0 Å². The number of carbonyl (C=O) groups excluding carboxylic acids is 1. The number of carbonyl (C=O) groups is 1. The normalized spacial score (nSPS) is 31.1. The number of fused-ring (bicyclic) bond motifs is 1. The van der Waals surface area contributed by atoms with Crippen molar-refractivity contribution in [1.82, 2.24) is 4.90 Å². The molecule has 0 aromatic carbocycles. The Morgan fingerprint density at radius 3 is 2.60 bits per heavy atom. The third kappa shape index (κ3) is 4.17. The maximum Gasteiger partial charge on any atom is 0.218 e. The van der Waals surface area contributed by atoms with E-state index in [0.717, 1.165) is 19.5 Å². The molecule has 116 valence electrons. The first kappa shape index (κ1) is 15.7. The molecule has 0 bridgehead atoms. The first-order valence-electron chi connectivity index (χ1n) is 7.34. The smallest absolute Gasteiger partial charge is 0.218 e. The molecule has 1 saturated carbocycles. The second kappa shape index (κ2) is 6.41. The third-order valence-electron chi connectivity index (χ3n) is 4.61. The topological polar surface area (TPSA) is 106 Å². The van der Waals surface area contributed by atoms with E-state index >= 15 is 0 Å². The van der Waals surface area contributed by atoms with Gasteiger partial charge in [0.05, 0.1) is 11.5 Å². The van der Waals surface area contributed by atoms with Crippen LogP contribution in [0.25, 0.3) is 0 Å². The second-order valence-electron chi connectivity index (χ2n) is 6.15. The third-order valence-corrected chi connectivity index (χ3v) is 6.24. The fourth-order valence-corrected chi connectivity index (χ4v) is 4.67. The lowest BCUT2D eigenvalue weighted by atomic mass is 9.78. The molecule has 0 aromatic heterocycles. The number of likely N-dealkylation sites (tertiary alicyclic amines) is 1. The minimum Gasteiger partial charge on any atom is -0.370 e. The summed E-state index contributed by atoms with van der Waals surface area (Å²) in [5.41, 5.74) is 11.1. The fraction of sp³-hybridized carbons (Fsp3) is 0.923. The SMILES string of the molecule is NC(=O)CCS(=O)(=O)CCN1CC2CCCC(N)C2C1. The van der Waals surface area contributed by atoms with E-state index in [1.54, 1.807) is 0 Å². The van der Waals surface area contributed by atoms with E-state index in [9.17, 15) is 13.2 Å². The summed E-state index contributed by atoms with van der Waals surface area (Å²) in [4.78, 5) is 12.9. The van der Waals surface area contributed by atoms with Gasteiger partial charge in [0.1, 0.15) is 0 Å². The highest BCUT2D eigenvalue weighted by molar-refractivity contribution is 7.91. The standard InChI is InChI=1S/C13H25N3O3S/c14-12-3-1-2-10-8-16(9-11(10)12)5-7-20(18,19)6-4-13(15)17/h10-12H,1-9,14H2,(H2,15,17). The molecule has 3 unspecified atom stereocenters. The Bertz CT molecular complexity index is 452. The van der Waals surface area contributed by atoms with Gasteiger partial charge in [-0.15, -0.1) is 0 Å². The number of rotatable bonds is 6. The Morgan fingerprint density at radius 2 is 1.95 bits per heavy atom. The number of primary amides is 1. The maximum absolute atomic E-state index is 11.8. The van der Waals surface area contributed by atoms with E-state index < -0.39 is 15.7 Å². The molecule has 6 nitrogen and oxygen atoms in total. The lowest BCUT2D eigenvalue weighted by Crippen LogP contribution is -2.38. The molecule has 7 heteroatoms. The molecule has 1 amide bonds. The van der Waals surface area contributed by atoms with Gasteiger partial charge in [-0.3, -0.25) is 4.79 Å². The average Bonchev–Trinajstić information content (AvgIpc) is 2.79. The van der Waals surface area contributed by atoms with Crippen LogP contribution in [0.3, 0.4) is 0 Å². The van der Waals surface area contributed by atoms with Crippen molar-refractivity contribution in [2.75, 3.05) is 31.1 Å². The van der Waals surface area contributed by atoms with Gasteiger partial charge in [-0.05, 0) is 24.7 Å². The van der Waals surface area contributed by atoms with E-state index in [1.807, 2.05) is 0 Å². The molecule has 2 fully saturated rings. The predicted octanol–water partition coefficient (Wildman–Crippen LogP) is -0.664. The second-order valence-corrected chi connectivity index (χ2v) is 8.45. The van der Waals surface area contributed by atoms with Crippen molar-refractivity contribution in [3.8, 4) is 0 Å². The first-order valence-corrected chi connectivity index (χ1v) is 9.16. The maximum atomic E-state index is 11.8. The molecule has 1 aliphatic carbocycles. The zero-order valence-electron chi connectivity index (χ0n) is 11.8. The molecule has 20 heavy (non-hydrogen) atoms. The molecule has 3 atom stereocenters. The van der Waals surface area contributed by atoms with Gasteiger partial charge >= 0.3 is 0 Å². The average molecular weight is 303 g/mol. The van der Waals surface area contributed by atoms with Crippen LogP contribution in [-0.4, -0.2) is 56.4 Å².